The monoisotopic (exact) mass is 596 g/mol. The predicted octanol–water partition coefficient (Wildman–Crippen LogP) is 7.59. The Kier molecular flexibility index (Phi) is 20.0. The molecule has 228 valence electrons. The molecule has 0 saturated heterocycles. The fourth-order valence-electron chi connectivity index (χ4n) is 5.71. The Morgan fingerprint density at radius 1 is 0.650 bits per heavy atom. The van der Waals surface area contributed by atoms with E-state index in [1.54, 1.807) is 21.3 Å². The lowest BCUT2D eigenvalue weighted by molar-refractivity contribution is 0.333. The second kappa shape index (κ2) is 22.0. The summed E-state index contributed by atoms with van der Waals surface area (Å²) in [6, 6.07) is 12.6. The van der Waals surface area contributed by atoms with E-state index in [0.717, 1.165) is 55.5 Å². The van der Waals surface area contributed by atoms with Gasteiger partial charge in [-0.25, -0.2) is 0 Å². The molecule has 0 bridgehead atoms. The molecule has 2 aromatic rings. The lowest BCUT2D eigenvalue weighted by Gasteiger charge is -2.21. The molecule has 0 heterocycles. The molecule has 0 atom stereocenters. The van der Waals surface area contributed by atoms with Crippen molar-refractivity contribution in [1.29, 1.82) is 0 Å². The van der Waals surface area contributed by atoms with Gasteiger partial charge in [0.2, 0.25) is 0 Å². The number of halogens is 2. The van der Waals surface area contributed by atoms with Crippen LogP contribution in [0.4, 0.5) is 0 Å². The first-order valence-corrected chi connectivity index (χ1v) is 15.0. The number of benzene rings is 2. The number of rotatable bonds is 19. The van der Waals surface area contributed by atoms with Crippen molar-refractivity contribution >= 4 is 24.8 Å². The summed E-state index contributed by atoms with van der Waals surface area (Å²) in [5.74, 6) is 3.55. The third kappa shape index (κ3) is 12.9. The van der Waals surface area contributed by atoms with E-state index in [9.17, 15) is 0 Å². The number of hydrogen-bond acceptors (Lipinski definition) is 5. The molecule has 1 fully saturated rings. The molecule has 0 spiro atoms. The van der Waals surface area contributed by atoms with Gasteiger partial charge in [0.25, 0.3) is 0 Å². The summed E-state index contributed by atoms with van der Waals surface area (Å²) in [5, 5.41) is 7.33. The Morgan fingerprint density at radius 3 is 1.95 bits per heavy atom. The third-order valence-electron chi connectivity index (χ3n) is 8.05. The van der Waals surface area contributed by atoms with Crippen molar-refractivity contribution in [1.82, 2.24) is 10.6 Å². The third-order valence-corrected chi connectivity index (χ3v) is 8.05. The summed E-state index contributed by atoms with van der Waals surface area (Å²) in [6.45, 7) is 4.46. The first kappa shape index (κ1) is 36.4. The van der Waals surface area contributed by atoms with Crippen molar-refractivity contribution in [3.05, 3.63) is 53.1 Å². The van der Waals surface area contributed by atoms with Gasteiger partial charge in [-0.3, -0.25) is 0 Å². The molecular formula is C33H54Cl2N2O3. The summed E-state index contributed by atoms with van der Waals surface area (Å²) in [4.78, 5) is 0. The van der Waals surface area contributed by atoms with Gasteiger partial charge in [0.15, 0.2) is 11.5 Å². The lowest BCUT2D eigenvalue weighted by Crippen LogP contribution is -2.21. The Hall–Kier alpha value is -1.66. The van der Waals surface area contributed by atoms with E-state index in [1.165, 1.54) is 94.0 Å². The van der Waals surface area contributed by atoms with E-state index in [4.69, 9.17) is 14.2 Å². The van der Waals surface area contributed by atoms with Crippen LogP contribution in [-0.2, 0) is 19.3 Å². The fraction of sp³-hybridized carbons (Fsp3) is 0.636. The Labute approximate surface area is 256 Å². The lowest BCUT2D eigenvalue weighted by atomic mass is 9.87. The van der Waals surface area contributed by atoms with E-state index in [2.05, 4.69) is 28.8 Å². The molecule has 0 aliphatic heterocycles. The number of methoxy groups -OCH3 is 3. The van der Waals surface area contributed by atoms with E-state index in [-0.39, 0.29) is 24.8 Å². The van der Waals surface area contributed by atoms with Gasteiger partial charge in [0.05, 0.1) is 21.3 Å². The highest BCUT2D eigenvalue weighted by Crippen LogP contribution is 2.34. The first-order valence-electron chi connectivity index (χ1n) is 15.0. The zero-order valence-electron chi connectivity index (χ0n) is 25.1. The number of nitrogens with one attached hydrogen (secondary N) is 2. The van der Waals surface area contributed by atoms with Crippen molar-refractivity contribution in [3.63, 3.8) is 0 Å². The second-order valence-corrected chi connectivity index (χ2v) is 10.7. The minimum absolute atomic E-state index is 0. The number of ether oxygens (including phenoxy) is 3. The molecule has 0 unspecified atom stereocenters. The van der Waals surface area contributed by atoms with Crippen LogP contribution in [0.5, 0.6) is 17.2 Å². The molecule has 1 saturated carbocycles. The van der Waals surface area contributed by atoms with E-state index in [1.807, 2.05) is 18.2 Å². The Balaban J connectivity index is 0.00000400. The Bertz CT molecular complexity index is 905. The molecule has 3 rings (SSSR count). The molecule has 7 heteroatoms. The molecule has 1 aliphatic carbocycles. The van der Waals surface area contributed by atoms with Gasteiger partial charge in [-0.2, -0.15) is 0 Å². The minimum atomic E-state index is 0. The number of unbranched alkanes of at least 4 members (excludes halogenated alkanes) is 3. The molecular weight excluding hydrogens is 543 g/mol. The van der Waals surface area contributed by atoms with Gasteiger partial charge in [-0.05, 0) is 99.9 Å². The molecule has 2 aromatic carbocycles. The number of hydrogen-bond donors (Lipinski definition) is 2. The van der Waals surface area contributed by atoms with Crippen molar-refractivity contribution in [2.45, 2.75) is 83.5 Å². The van der Waals surface area contributed by atoms with Gasteiger partial charge in [0, 0.05) is 5.56 Å². The highest BCUT2D eigenvalue weighted by atomic mass is 35.5. The van der Waals surface area contributed by atoms with E-state index in [0.29, 0.717) is 0 Å². The van der Waals surface area contributed by atoms with Crippen LogP contribution in [0, 0.1) is 5.92 Å². The first-order chi connectivity index (χ1) is 18.7. The smallest absolute Gasteiger partial charge is 0.164 e. The van der Waals surface area contributed by atoms with Gasteiger partial charge in [-0.1, -0.05) is 63.1 Å². The van der Waals surface area contributed by atoms with Gasteiger partial charge in [-0.15, -0.1) is 24.8 Å². The van der Waals surface area contributed by atoms with Crippen LogP contribution in [0.3, 0.4) is 0 Å². The maximum atomic E-state index is 5.80. The van der Waals surface area contributed by atoms with Crippen molar-refractivity contribution in [2.75, 3.05) is 47.5 Å². The van der Waals surface area contributed by atoms with Crippen LogP contribution in [0.1, 0.15) is 80.9 Å². The highest BCUT2D eigenvalue weighted by Gasteiger charge is 2.15. The SMILES string of the molecule is COc1ccc(CCc2c(CCNCCCCCCNCCC3CCCCC3)ccc(OC)c2OC)cc1.Cl.Cl. The predicted molar refractivity (Wildman–Crippen MR) is 174 cm³/mol. The van der Waals surface area contributed by atoms with Crippen molar-refractivity contribution in [3.8, 4) is 17.2 Å². The number of aryl methyl sites for hydroxylation is 1. The summed E-state index contributed by atoms with van der Waals surface area (Å²) >= 11 is 0. The molecule has 0 aromatic heterocycles. The summed E-state index contributed by atoms with van der Waals surface area (Å²) < 4.78 is 16.7. The van der Waals surface area contributed by atoms with Crippen LogP contribution in [-0.4, -0.2) is 47.5 Å². The molecule has 1 aliphatic rings. The zero-order valence-corrected chi connectivity index (χ0v) is 26.7. The summed E-state index contributed by atoms with van der Waals surface area (Å²) in [6.07, 6.45) is 16.7. The summed E-state index contributed by atoms with van der Waals surface area (Å²) in [7, 11) is 5.15. The molecule has 0 radical (unpaired) electrons. The maximum Gasteiger partial charge on any atom is 0.164 e. The standard InChI is InChI=1S/C33H52N2O3.2ClH/c1-36-30-17-13-28(14-18-30)15-19-31-29(16-20-32(37-2)33(31)38-3)22-26-35-24-10-5-4-9-23-34-25-21-27-11-7-6-8-12-27;;/h13-14,16-18,20,27,34-35H,4-12,15,19,21-26H2,1-3H3;2*1H. The molecule has 40 heavy (non-hydrogen) atoms. The summed E-state index contributed by atoms with van der Waals surface area (Å²) in [5.41, 5.74) is 3.88. The Morgan fingerprint density at radius 2 is 1.32 bits per heavy atom. The molecule has 0 amide bonds. The van der Waals surface area contributed by atoms with Gasteiger partial charge >= 0.3 is 0 Å². The average Bonchev–Trinajstić information content (AvgIpc) is 2.97. The normalized spacial score (nSPS) is 13.3. The molecule has 2 N–H and O–H groups in total. The minimum Gasteiger partial charge on any atom is -0.497 e. The van der Waals surface area contributed by atoms with E-state index >= 15 is 0 Å². The maximum absolute atomic E-state index is 5.80. The highest BCUT2D eigenvalue weighted by molar-refractivity contribution is 5.85. The molecule has 5 nitrogen and oxygen atoms in total. The zero-order chi connectivity index (χ0) is 26.8. The largest absolute Gasteiger partial charge is 0.497 e. The van der Waals surface area contributed by atoms with Crippen molar-refractivity contribution < 1.29 is 14.2 Å². The van der Waals surface area contributed by atoms with Crippen LogP contribution in [0.25, 0.3) is 0 Å². The van der Waals surface area contributed by atoms with Gasteiger partial charge < -0.3 is 24.8 Å². The van der Waals surface area contributed by atoms with Crippen LogP contribution < -0.4 is 24.8 Å². The van der Waals surface area contributed by atoms with Crippen LogP contribution in [0.15, 0.2) is 36.4 Å². The van der Waals surface area contributed by atoms with Crippen LogP contribution in [0.2, 0.25) is 0 Å². The second-order valence-electron chi connectivity index (χ2n) is 10.7. The van der Waals surface area contributed by atoms with Gasteiger partial charge in [0.1, 0.15) is 5.75 Å². The quantitative estimate of drug-likeness (QED) is 0.164. The average molecular weight is 598 g/mol. The van der Waals surface area contributed by atoms with Crippen molar-refractivity contribution in [2.24, 2.45) is 5.92 Å². The van der Waals surface area contributed by atoms with E-state index < -0.39 is 0 Å². The topological polar surface area (TPSA) is 51.8 Å². The fourth-order valence-corrected chi connectivity index (χ4v) is 5.71. The van der Waals surface area contributed by atoms with Crippen LogP contribution >= 0.6 is 24.8 Å².